The van der Waals surface area contributed by atoms with Crippen molar-refractivity contribution in [1.82, 2.24) is 4.90 Å². The third kappa shape index (κ3) is 2.54. The number of hydrogen-bond donors (Lipinski definition) is 1. The highest BCUT2D eigenvalue weighted by atomic mass is 16.3. The molecule has 2 aliphatic rings. The van der Waals surface area contributed by atoms with Gasteiger partial charge >= 0.3 is 0 Å². The molecule has 15 heavy (non-hydrogen) atoms. The van der Waals surface area contributed by atoms with Crippen LogP contribution in [0.25, 0.3) is 0 Å². The van der Waals surface area contributed by atoms with Gasteiger partial charge in [0, 0.05) is 12.6 Å². The predicted octanol–water partition coefficient (Wildman–Crippen LogP) is 2.27. The van der Waals surface area contributed by atoms with Gasteiger partial charge in [-0.1, -0.05) is 20.3 Å². The summed E-state index contributed by atoms with van der Waals surface area (Å²) in [4.78, 5) is 2.45. The monoisotopic (exact) mass is 211 g/mol. The van der Waals surface area contributed by atoms with E-state index in [9.17, 15) is 5.11 Å². The Kier molecular flexibility index (Phi) is 3.09. The second kappa shape index (κ2) is 4.06. The molecule has 2 nitrogen and oxygen atoms in total. The molecule has 2 unspecified atom stereocenters. The molecular weight excluding hydrogens is 186 g/mol. The summed E-state index contributed by atoms with van der Waals surface area (Å²) in [7, 11) is 2.21. The van der Waals surface area contributed by atoms with Gasteiger partial charge in [-0.25, -0.2) is 0 Å². The van der Waals surface area contributed by atoms with Crippen molar-refractivity contribution in [2.45, 2.75) is 58.1 Å². The Morgan fingerprint density at radius 2 is 1.93 bits per heavy atom. The summed E-state index contributed by atoms with van der Waals surface area (Å²) in [6, 6.07) is 0.822. The number of nitrogens with zero attached hydrogens (tertiary/aromatic N) is 1. The molecule has 0 amide bonds. The van der Waals surface area contributed by atoms with E-state index in [-0.39, 0.29) is 11.5 Å². The molecular formula is C13H25NO. The van der Waals surface area contributed by atoms with Crippen LogP contribution in [0.1, 0.15) is 46.0 Å². The molecule has 0 spiro atoms. The summed E-state index contributed by atoms with van der Waals surface area (Å²) < 4.78 is 0. The third-order valence-corrected chi connectivity index (χ3v) is 4.34. The van der Waals surface area contributed by atoms with Gasteiger partial charge < -0.3 is 10.0 Å². The third-order valence-electron chi connectivity index (χ3n) is 4.34. The van der Waals surface area contributed by atoms with Crippen LogP contribution in [0.3, 0.4) is 0 Å². The van der Waals surface area contributed by atoms with Gasteiger partial charge in [-0.15, -0.1) is 0 Å². The average Bonchev–Trinajstić information content (AvgIpc) is 2.95. The second-order valence-corrected chi connectivity index (χ2v) is 6.26. The Hall–Kier alpha value is -0.0800. The number of aliphatic hydroxyl groups is 1. The van der Waals surface area contributed by atoms with Gasteiger partial charge in [0.15, 0.2) is 0 Å². The van der Waals surface area contributed by atoms with Crippen LogP contribution in [-0.2, 0) is 0 Å². The van der Waals surface area contributed by atoms with Gasteiger partial charge in [0.25, 0.3) is 0 Å². The van der Waals surface area contributed by atoms with Crippen molar-refractivity contribution in [2.75, 3.05) is 13.6 Å². The van der Waals surface area contributed by atoms with Crippen molar-refractivity contribution in [1.29, 1.82) is 0 Å². The van der Waals surface area contributed by atoms with Crippen molar-refractivity contribution in [2.24, 2.45) is 11.3 Å². The van der Waals surface area contributed by atoms with Gasteiger partial charge in [0.05, 0.1) is 6.10 Å². The molecule has 88 valence electrons. The Balaban J connectivity index is 1.90. The van der Waals surface area contributed by atoms with E-state index in [0.717, 1.165) is 12.6 Å². The minimum absolute atomic E-state index is 0.104. The molecule has 2 aliphatic carbocycles. The molecule has 0 radical (unpaired) electrons. The maximum Gasteiger partial charge on any atom is 0.0631 e. The summed E-state index contributed by atoms with van der Waals surface area (Å²) in [5, 5.41) is 10.3. The highest BCUT2D eigenvalue weighted by Gasteiger charge is 2.39. The topological polar surface area (TPSA) is 23.5 Å². The zero-order chi connectivity index (χ0) is 11.1. The number of aliphatic hydroxyl groups excluding tert-OH is 1. The minimum atomic E-state index is -0.104. The maximum absolute atomic E-state index is 10.3. The molecule has 0 heterocycles. The molecule has 2 fully saturated rings. The minimum Gasteiger partial charge on any atom is -0.392 e. The van der Waals surface area contributed by atoms with Crippen LogP contribution in [0.4, 0.5) is 0 Å². The van der Waals surface area contributed by atoms with Gasteiger partial charge in [0.1, 0.15) is 0 Å². The molecule has 0 aromatic heterocycles. The lowest BCUT2D eigenvalue weighted by molar-refractivity contribution is -0.0414. The van der Waals surface area contributed by atoms with Crippen molar-refractivity contribution in [3.63, 3.8) is 0 Å². The Bertz CT molecular complexity index is 223. The fraction of sp³-hybridized carbons (Fsp3) is 1.00. The van der Waals surface area contributed by atoms with Crippen molar-refractivity contribution < 1.29 is 5.11 Å². The van der Waals surface area contributed by atoms with E-state index in [1.54, 1.807) is 0 Å². The summed E-state index contributed by atoms with van der Waals surface area (Å²) in [5.74, 6) is 0.499. The molecule has 2 heteroatoms. The highest BCUT2D eigenvalue weighted by molar-refractivity contribution is 4.91. The molecule has 0 aliphatic heterocycles. The lowest BCUT2D eigenvalue weighted by Gasteiger charge is -2.42. The van der Waals surface area contributed by atoms with Gasteiger partial charge in [-0.2, -0.15) is 0 Å². The highest BCUT2D eigenvalue weighted by Crippen LogP contribution is 2.40. The second-order valence-electron chi connectivity index (χ2n) is 6.26. The molecule has 2 saturated carbocycles. The van der Waals surface area contributed by atoms with Crippen molar-refractivity contribution in [3.8, 4) is 0 Å². The van der Waals surface area contributed by atoms with Crippen molar-refractivity contribution >= 4 is 0 Å². The van der Waals surface area contributed by atoms with Crippen LogP contribution in [-0.4, -0.2) is 35.7 Å². The first kappa shape index (κ1) is 11.4. The molecule has 0 aromatic carbocycles. The summed E-state index contributed by atoms with van der Waals surface area (Å²) in [6.07, 6.45) is 6.30. The standard InChI is InChI=1S/C13H25NO/c1-13(2)8-4-5-10(12(13)15)9-14(3)11-6-7-11/h10-12,15H,4-9H2,1-3H3. The normalized spacial score (nSPS) is 35.8. The van der Waals surface area contributed by atoms with E-state index in [2.05, 4.69) is 25.8 Å². The van der Waals surface area contributed by atoms with E-state index >= 15 is 0 Å². The molecule has 2 rings (SSSR count). The zero-order valence-corrected chi connectivity index (χ0v) is 10.4. The average molecular weight is 211 g/mol. The van der Waals surface area contributed by atoms with Crippen LogP contribution in [0.15, 0.2) is 0 Å². The van der Waals surface area contributed by atoms with E-state index < -0.39 is 0 Å². The van der Waals surface area contributed by atoms with Crippen LogP contribution in [0, 0.1) is 11.3 Å². The zero-order valence-electron chi connectivity index (χ0n) is 10.4. The largest absolute Gasteiger partial charge is 0.392 e. The Labute approximate surface area is 93.7 Å². The molecule has 1 N–H and O–H groups in total. The molecule has 0 bridgehead atoms. The number of hydrogen-bond acceptors (Lipinski definition) is 2. The fourth-order valence-electron chi connectivity index (χ4n) is 2.99. The van der Waals surface area contributed by atoms with Gasteiger partial charge in [-0.05, 0) is 44.1 Å². The quantitative estimate of drug-likeness (QED) is 0.774. The van der Waals surface area contributed by atoms with Crippen LogP contribution in [0.2, 0.25) is 0 Å². The molecule has 2 atom stereocenters. The summed E-state index contributed by atoms with van der Waals surface area (Å²) >= 11 is 0. The van der Waals surface area contributed by atoms with E-state index in [1.807, 2.05) is 0 Å². The molecule has 0 saturated heterocycles. The summed E-state index contributed by atoms with van der Waals surface area (Å²) in [6.45, 7) is 5.51. The lowest BCUT2D eigenvalue weighted by Crippen LogP contribution is -2.44. The van der Waals surface area contributed by atoms with Gasteiger partial charge in [-0.3, -0.25) is 0 Å². The predicted molar refractivity (Wildman–Crippen MR) is 62.8 cm³/mol. The van der Waals surface area contributed by atoms with Crippen LogP contribution < -0.4 is 0 Å². The van der Waals surface area contributed by atoms with Gasteiger partial charge in [0.2, 0.25) is 0 Å². The SMILES string of the molecule is CN(CC1CCCC(C)(C)C1O)C1CC1. The van der Waals surface area contributed by atoms with E-state index in [1.165, 1.54) is 32.1 Å². The smallest absolute Gasteiger partial charge is 0.0631 e. The maximum atomic E-state index is 10.3. The Morgan fingerprint density at radius 1 is 1.27 bits per heavy atom. The first-order valence-corrected chi connectivity index (χ1v) is 6.39. The Morgan fingerprint density at radius 3 is 2.53 bits per heavy atom. The molecule has 0 aromatic rings. The first-order valence-electron chi connectivity index (χ1n) is 6.39. The van der Waals surface area contributed by atoms with Crippen molar-refractivity contribution in [3.05, 3.63) is 0 Å². The van der Waals surface area contributed by atoms with E-state index in [4.69, 9.17) is 0 Å². The first-order chi connectivity index (χ1) is 7.00. The van der Waals surface area contributed by atoms with E-state index in [0.29, 0.717) is 5.92 Å². The summed E-state index contributed by atoms with van der Waals surface area (Å²) in [5.41, 5.74) is 0.132. The lowest BCUT2D eigenvalue weighted by atomic mass is 9.69. The number of rotatable bonds is 3. The van der Waals surface area contributed by atoms with Crippen LogP contribution >= 0.6 is 0 Å². The fourth-order valence-corrected chi connectivity index (χ4v) is 2.99. The van der Waals surface area contributed by atoms with Crippen LogP contribution in [0.5, 0.6) is 0 Å².